The van der Waals surface area contributed by atoms with Gasteiger partial charge in [-0.1, -0.05) is 23.8 Å². The van der Waals surface area contributed by atoms with Gasteiger partial charge in [0.05, 0.1) is 4.90 Å². The van der Waals surface area contributed by atoms with Gasteiger partial charge >= 0.3 is 5.97 Å². The average Bonchev–Trinajstić information content (AvgIpc) is 2.37. The van der Waals surface area contributed by atoms with Crippen LogP contribution in [0.3, 0.4) is 0 Å². The first-order valence-corrected chi connectivity index (χ1v) is 7.50. The third-order valence-electron chi connectivity index (χ3n) is 2.89. The zero-order valence-corrected chi connectivity index (χ0v) is 11.7. The van der Waals surface area contributed by atoms with Crippen LogP contribution in [0.2, 0.25) is 5.02 Å². The number of carboxylic acids is 1. The first-order chi connectivity index (χ1) is 9.32. The summed E-state index contributed by atoms with van der Waals surface area (Å²) in [5.74, 6) is -2.05. The van der Waals surface area contributed by atoms with Crippen molar-refractivity contribution in [3.8, 4) is 0 Å². The molecule has 0 fully saturated rings. The summed E-state index contributed by atoms with van der Waals surface area (Å²) in [4.78, 5) is 10.8. The Morgan fingerprint density at radius 3 is 2.65 bits per heavy atom. The largest absolute Gasteiger partial charge is 0.480 e. The van der Waals surface area contributed by atoms with Crippen molar-refractivity contribution in [2.45, 2.75) is 17.4 Å². The van der Waals surface area contributed by atoms with Gasteiger partial charge in [-0.25, -0.2) is 12.8 Å². The fourth-order valence-electron chi connectivity index (χ4n) is 1.95. The molecule has 0 aromatic heterocycles. The molecule has 1 aliphatic rings. The third kappa shape index (κ3) is 2.84. The lowest BCUT2D eigenvalue weighted by molar-refractivity contribution is -0.141. The summed E-state index contributed by atoms with van der Waals surface area (Å²) in [5, 5.41) is 9.02. The Kier molecular flexibility index (Phi) is 4.12. The van der Waals surface area contributed by atoms with Crippen LogP contribution in [-0.2, 0) is 14.8 Å². The predicted octanol–water partition coefficient (Wildman–Crippen LogP) is 1.88. The molecule has 108 valence electrons. The highest BCUT2D eigenvalue weighted by Crippen LogP contribution is 2.25. The molecule has 0 aliphatic carbocycles. The van der Waals surface area contributed by atoms with Gasteiger partial charge in [-0.2, -0.15) is 4.31 Å². The normalized spacial score (nSPS) is 20.0. The lowest BCUT2D eigenvalue weighted by atomic mass is 10.1. The highest BCUT2D eigenvalue weighted by molar-refractivity contribution is 7.89. The minimum atomic E-state index is -4.12. The second-order valence-electron chi connectivity index (χ2n) is 4.24. The quantitative estimate of drug-likeness (QED) is 0.863. The van der Waals surface area contributed by atoms with E-state index >= 15 is 0 Å². The molecule has 0 spiro atoms. The molecule has 0 saturated heterocycles. The Hall–Kier alpha value is -1.44. The molecule has 1 aromatic rings. The molecule has 0 amide bonds. The number of sulfonamides is 1. The number of hydrogen-bond acceptors (Lipinski definition) is 3. The summed E-state index contributed by atoms with van der Waals surface area (Å²) < 4.78 is 38.9. The second-order valence-corrected chi connectivity index (χ2v) is 6.57. The van der Waals surface area contributed by atoms with Crippen LogP contribution in [0.5, 0.6) is 0 Å². The fraction of sp³-hybridized carbons (Fsp3) is 0.250. The van der Waals surface area contributed by atoms with Gasteiger partial charge in [0.25, 0.3) is 0 Å². The number of hydrogen-bond donors (Lipinski definition) is 1. The first kappa shape index (κ1) is 15.0. The van der Waals surface area contributed by atoms with Gasteiger partial charge in [0.1, 0.15) is 11.9 Å². The van der Waals surface area contributed by atoms with E-state index in [-0.39, 0.29) is 22.9 Å². The zero-order chi connectivity index (χ0) is 14.9. The lowest BCUT2D eigenvalue weighted by Crippen LogP contribution is -2.46. The molecule has 8 heteroatoms. The maximum Gasteiger partial charge on any atom is 0.322 e. The summed E-state index contributed by atoms with van der Waals surface area (Å²) >= 11 is 5.64. The average molecular weight is 320 g/mol. The summed E-state index contributed by atoms with van der Waals surface area (Å²) in [6.45, 7) is -0.0760. The number of rotatable bonds is 3. The zero-order valence-electron chi connectivity index (χ0n) is 10.2. The van der Waals surface area contributed by atoms with E-state index in [4.69, 9.17) is 16.7 Å². The predicted molar refractivity (Wildman–Crippen MR) is 70.5 cm³/mol. The van der Waals surface area contributed by atoms with Crippen LogP contribution in [0.4, 0.5) is 4.39 Å². The second kappa shape index (κ2) is 5.51. The molecule has 1 heterocycles. The molecule has 2 rings (SSSR count). The van der Waals surface area contributed by atoms with Crippen LogP contribution in [-0.4, -0.2) is 36.4 Å². The highest BCUT2D eigenvalue weighted by atomic mass is 35.5. The minimum Gasteiger partial charge on any atom is -0.480 e. The van der Waals surface area contributed by atoms with Gasteiger partial charge in [0.2, 0.25) is 10.0 Å². The van der Waals surface area contributed by atoms with Gasteiger partial charge in [-0.15, -0.1) is 0 Å². The van der Waals surface area contributed by atoms with E-state index < -0.39 is 27.9 Å². The monoisotopic (exact) mass is 319 g/mol. The van der Waals surface area contributed by atoms with Crippen LogP contribution >= 0.6 is 11.6 Å². The van der Waals surface area contributed by atoms with Crippen molar-refractivity contribution in [3.05, 3.63) is 41.2 Å². The maximum absolute atomic E-state index is 13.3. The topological polar surface area (TPSA) is 74.7 Å². The molecule has 20 heavy (non-hydrogen) atoms. The highest BCUT2D eigenvalue weighted by Gasteiger charge is 2.36. The summed E-state index contributed by atoms with van der Waals surface area (Å²) in [6.07, 6.45) is 3.22. The molecular formula is C12H11ClFNO4S. The van der Waals surface area contributed by atoms with Crippen molar-refractivity contribution < 1.29 is 22.7 Å². The first-order valence-electron chi connectivity index (χ1n) is 5.68. The Morgan fingerprint density at radius 1 is 1.35 bits per heavy atom. The molecule has 1 atom stereocenters. The lowest BCUT2D eigenvalue weighted by Gasteiger charge is -2.29. The van der Waals surface area contributed by atoms with E-state index in [1.165, 1.54) is 0 Å². The van der Waals surface area contributed by atoms with Crippen LogP contribution in [0, 0.1) is 5.82 Å². The minimum absolute atomic E-state index is 0.0667. The fourth-order valence-corrected chi connectivity index (χ4v) is 3.84. The molecule has 1 aliphatic heterocycles. The molecule has 1 aromatic carbocycles. The van der Waals surface area contributed by atoms with E-state index in [1.54, 1.807) is 12.2 Å². The van der Waals surface area contributed by atoms with Crippen molar-refractivity contribution in [1.29, 1.82) is 0 Å². The maximum atomic E-state index is 13.3. The van der Waals surface area contributed by atoms with Crippen LogP contribution in [0.1, 0.15) is 6.42 Å². The van der Waals surface area contributed by atoms with Gasteiger partial charge in [-0.05, 0) is 24.6 Å². The molecule has 1 N–H and O–H groups in total. The number of halogens is 2. The van der Waals surface area contributed by atoms with Crippen LogP contribution < -0.4 is 0 Å². The van der Waals surface area contributed by atoms with Crippen molar-refractivity contribution in [2.75, 3.05) is 6.54 Å². The van der Waals surface area contributed by atoms with Gasteiger partial charge in [-0.3, -0.25) is 4.79 Å². The van der Waals surface area contributed by atoms with Crippen LogP contribution in [0.25, 0.3) is 0 Å². The van der Waals surface area contributed by atoms with Crippen molar-refractivity contribution in [3.63, 3.8) is 0 Å². The van der Waals surface area contributed by atoms with E-state index in [0.717, 1.165) is 22.5 Å². The number of aliphatic carboxylic acids is 1. The van der Waals surface area contributed by atoms with Gasteiger partial charge < -0.3 is 5.11 Å². The van der Waals surface area contributed by atoms with E-state index in [1.807, 2.05) is 0 Å². The van der Waals surface area contributed by atoms with Crippen molar-refractivity contribution in [2.24, 2.45) is 0 Å². The third-order valence-corrected chi connectivity index (χ3v) is 4.96. The number of benzene rings is 1. The molecule has 5 nitrogen and oxygen atoms in total. The SMILES string of the molecule is O=C(O)C1CC=CCN1S(=O)(=O)c1cc(F)cc(Cl)c1. The Bertz CT molecular complexity index is 654. The van der Waals surface area contributed by atoms with Crippen LogP contribution in [0.15, 0.2) is 35.2 Å². The molecule has 0 bridgehead atoms. The summed E-state index contributed by atoms with van der Waals surface area (Å²) in [5.41, 5.74) is 0. The standard InChI is InChI=1S/C12H11ClFNO4S/c13-8-5-9(14)7-10(6-8)20(18,19)15-4-2-1-3-11(15)12(16)17/h1-2,5-7,11H,3-4H2,(H,16,17). The molecule has 0 saturated carbocycles. The van der Waals surface area contributed by atoms with E-state index in [9.17, 15) is 17.6 Å². The van der Waals surface area contributed by atoms with Crippen molar-refractivity contribution >= 4 is 27.6 Å². The van der Waals surface area contributed by atoms with Gasteiger partial charge in [0.15, 0.2) is 0 Å². The van der Waals surface area contributed by atoms with Gasteiger partial charge in [0, 0.05) is 11.6 Å². The Morgan fingerprint density at radius 2 is 2.05 bits per heavy atom. The molecule has 1 unspecified atom stereocenters. The van der Waals surface area contributed by atoms with E-state index in [0.29, 0.717) is 0 Å². The number of carbonyl (C=O) groups is 1. The molecule has 0 radical (unpaired) electrons. The summed E-state index contributed by atoms with van der Waals surface area (Å²) in [6, 6.07) is 1.69. The van der Waals surface area contributed by atoms with E-state index in [2.05, 4.69) is 0 Å². The Balaban J connectivity index is 2.48. The number of carboxylic acid groups (broad SMARTS) is 1. The number of nitrogens with zero attached hydrogens (tertiary/aromatic N) is 1. The molecular weight excluding hydrogens is 309 g/mol. The van der Waals surface area contributed by atoms with Crippen molar-refractivity contribution in [1.82, 2.24) is 4.31 Å². The summed E-state index contributed by atoms with van der Waals surface area (Å²) in [7, 11) is -4.12. The smallest absolute Gasteiger partial charge is 0.322 e. The Labute approximate surface area is 120 Å².